The maximum absolute atomic E-state index is 12.2. The van der Waals surface area contributed by atoms with Gasteiger partial charge in [-0.25, -0.2) is 0 Å². The monoisotopic (exact) mass is 338 g/mol. The van der Waals surface area contributed by atoms with Crippen molar-refractivity contribution >= 4 is 17.5 Å². The van der Waals surface area contributed by atoms with E-state index in [0.29, 0.717) is 19.4 Å². The van der Waals surface area contributed by atoms with E-state index in [0.717, 1.165) is 34.5 Å². The number of methoxy groups -OCH3 is 1. The van der Waals surface area contributed by atoms with Gasteiger partial charge in [-0.1, -0.05) is 30.3 Å². The van der Waals surface area contributed by atoms with Crippen molar-refractivity contribution in [3.8, 4) is 5.75 Å². The number of carbonyl (C=O) groups is 2. The van der Waals surface area contributed by atoms with Crippen LogP contribution in [0.15, 0.2) is 42.5 Å². The zero-order chi connectivity index (χ0) is 17.8. The van der Waals surface area contributed by atoms with Crippen LogP contribution in [-0.4, -0.2) is 32.5 Å². The highest BCUT2D eigenvalue weighted by Crippen LogP contribution is 2.28. The molecule has 0 radical (unpaired) electrons. The van der Waals surface area contributed by atoms with Crippen molar-refractivity contribution in [2.45, 2.75) is 19.3 Å². The van der Waals surface area contributed by atoms with E-state index in [1.54, 1.807) is 19.1 Å². The van der Waals surface area contributed by atoms with E-state index in [2.05, 4.69) is 5.32 Å². The number of para-hydroxylation sites is 1. The van der Waals surface area contributed by atoms with Gasteiger partial charge in [0.15, 0.2) is 0 Å². The number of likely N-dealkylation sites (N-methyl/N-ethyl adjacent to an activating group) is 1. The minimum absolute atomic E-state index is 0.0208. The van der Waals surface area contributed by atoms with E-state index in [1.165, 1.54) is 0 Å². The summed E-state index contributed by atoms with van der Waals surface area (Å²) in [4.78, 5) is 25.6. The van der Waals surface area contributed by atoms with E-state index < -0.39 is 0 Å². The minimum atomic E-state index is -0.0208. The fraction of sp³-hybridized carbons (Fsp3) is 0.300. The summed E-state index contributed by atoms with van der Waals surface area (Å²) in [7, 11) is 3.42. The third-order valence-corrected chi connectivity index (χ3v) is 4.49. The molecule has 0 atom stereocenters. The lowest BCUT2D eigenvalue weighted by molar-refractivity contribution is -0.120. The number of benzene rings is 2. The smallest absolute Gasteiger partial charge is 0.231 e. The highest BCUT2D eigenvalue weighted by atomic mass is 16.5. The number of anilines is 1. The Labute approximate surface area is 147 Å². The molecule has 5 nitrogen and oxygen atoms in total. The molecule has 2 aromatic rings. The number of hydrogen-bond acceptors (Lipinski definition) is 3. The molecule has 5 heteroatoms. The van der Waals surface area contributed by atoms with Crippen LogP contribution in [0.25, 0.3) is 0 Å². The molecule has 2 amide bonds. The molecular formula is C20H22N2O3. The van der Waals surface area contributed by atoms with Crippen LogP contribution in [-0.2, 0) is 28.9 Å². The number of carbonyl (C=O) groups excluding carboxylic acids is 2. The van der Waals surface area contributed by atoms with Gasteiger partial charge in [-0.05, 0) is 35.2 Å². The fourth-order valence-electron chi connectivity index (χ4n) is 3.13. The Bertz CT molecular complexity index is 801. The molecule has 25 heavy (non-hydrogen) atoms. The van der Waals surface area contributed by atoms with Gasteiger partial charge >= 0.3 is 0 Å². The van der Waals surface area contributed by atoms with E-state index in [-0.39, 0.29) is 11.8 Å². The van der Waals surface area contributed by atoms with Crippen LogP contribution in [0.4, 0.5) is 5.69 Å². The Balaban J connectivity index is 1.53. The Hall–Kier alpha value is -2.82. The topological polar surface area (TPSA) is 58.6 Å². The highest BCUT2D eigenvalue weighted by molar-refractivity contribution is 6.01. The second kappa shape index (κ2) is 7.38. The van der Waals surface area contributed by atoms with Crippen LogP contribution < -0.4 is 15.0 Å². The molecule has 0 spiro atoms. The zero-order valence-electron chi connectivity index (χ0n) is 14.5. The van der Waals surface area contributed by atoms with Crippen molar-refractivity contribution < 1.29 is 14.3 Å². The number of nitrogens with one attached hydrogen (secondary N) is 1. The summed E-state index contributed by atoms with van der Waals surface area (Å²) in [6.45, 7) is 0.561. The summed E-state index contributed by atoms with van der Waals surface area (Å²) in [5.74, 6) is 0.907. The van der Waals surface area contributed by atoms with Crippen LogP contribution in [0.2, 0.25) is 0 Å². The average Bonchev–Trinajstić information content (AvgIpc) is 2.89. The second-order valence-corrected chi connectivity index (χ2v) is 6.18. The van der Waals surface area contributed by atoms with Gasteiger partial charge in [-0.3, -0.25) is 9.59 Å². The highest BCUT2D eigenvalue weighted by Gasteiger charge is 2.23. The number of hydrogen-bond donors (Lipinski definition) is 1. The maximum Gasteiger partial charge on any atom is 0.231 e. The standard InChI is InChI=1S/C20H22N2O3/c1-22-17-8-7-14(11-16(17)13-20(22)24)12-19(23)21-10-9-15-5-3-4-6-18(15)25-2/h3-8,11H,9-10,12-13H2,1-2H3,(H,21,23). The maximum atomic E-state index is 12.2. The normalized spacial score (nSPS) is 12.9. The lowest BCUT2D eigenvalue weighted by Gasteiger charge is -2.11. The van der Waals surface area contributed by atoms with Gasteiger partial charge in [-0.2, -0.15) is 0 Å². The van der Waals surface area contributed by atoms with E-state index in [4.69, 9.17) is 4.74 Å². The molecule has 0 saturated carbocycles. The van der Waals surface area contributed by atoms with Crippen LogP contribution in [0.3, 0.4) is 0 Å². The molecule has 0 bridgehead atoms. The first kappa shape index (κ1) is 17.0. The minimum Gasteiger partial charge on any atom is -0.496 e. The molecule has 1 aliphatic heterocycles. The van der Waals surface area contributed by atoms with Gasteiger partial charge in [0.25, 0.3) is 0 Å². The molecule has 1 aliphatic rings. The van der Waals surface area contributed by atoms with Gasteiger partial charge in [0.1, 0.15) is 5.75 Å². The summed E-state index contributed by atoms with van der Waals surface area (Å²) < 4.78 is 5.31. The number of ether oxygens (including phenoxy) is 1. The Morgan fingerprint density at radius 1 is 1.24 bits per heavy atom. The molecule has 1 N–H and O–H groups in total. The van der Waals surface area contributed by atoms with Gasteiger partial charge < -0.3 is 15.0 Å². The van der Waals surface area contributed by atoms with Crippen molar-refractivity contribution in [3.05, 3.63) is 59.2 Å². The van der Waals surface area contributed by atoms with Crippen LogP contribution >= 0.6 is 0 Å². The molecule has 0 fully saturated rings. The number of amides is 2. The van der Waals surface area contributed by atoms with Crippen molar-refractivity contribution in [2.24, 2.45) is 0 Å². The molecule has 0 aromatic heterocycles. The molecule has 0 saturated heterocycles. The summed E-state index contributed by atoms with van der Waals surface area (Å²) in [5, 5.41) is 2.94. The first-order valence-corrected chi connectivity index (χ1v) is 8.35. The third kappa shape index (κ3) is 3.82. The van der Waals surface area contributed by atoms with Crippen molar-refractivity contribution in [3.63, 3.8) is 0 Å². The number of nitrogens with zero attached hydrogens (tertiary/aromatic N) is 1. The third-order valence-electron chi connectivity index (χ3n) is 4.49. The fourth-order valence-corrected chi connectivity index (χ4v) is 3.13. The van der Waals surface area contributed by atoms with Crippen LogP contribution in [0, 0.1) is 0 Å². The molecule has 0 unspecified atom stereocenters. The lowest BCUT2D eigenvalue weighted by atomic mass is 10.1. The average molecular weight is 338 g/mol. The largest absolute Gasteiger partial charge is 0.496 e. The molecule has 1 heterocycles. The summed E-state index contributed by atoms with van der Waals surface area (Å²) >= 11 is 0. The second-order valence-electron chi connectivity index (χ2n) is 6.18. The van der Waals surface area contributed by atoms with Crippen LogP contribution in [0.5, 0.6) is 5.75 Å². The zero-order valence-corrected chi connectivity index (χ0v) is 14.5. The molecule has 3 rings (SSSR count). The number of fused-ring (bicyclic) bond motifs is 1. The number of rotatable bonds is 6. The van der Waals surface area contributed by atoms with Gasteiger partial charge in [0.2, 0.25) is 11.8 Å². The summed E-state index contributed by atoms with van der Waals surface area (Å²) in [5.41, 5.74) is 3.93. The predicted octanol–water partition coefficient (Wildman–Crippen LogP) is 2.12. The van der Waals surface area contributed by atoms with Gasteiger partial charge in [0.05, 0.1) is 20.0 Å². The Morgan fingerprint density at radius 3 is 2.84 bits per heavy atom. The molecule has 130 valence electrons. The van der Waals surface area contributed by atoms with Crippen molar-refractivity contribution in [1.29, 1.82) is 0 Å². The lowest BCUT2D eigenvalue weighted by Crippen LogP contribution is -2.27. The first-order valence-electron chi connectivity index (χ1n) is 8.35. The van der Waals surface area contributed by atoms with Crippen LogP contribution in [0.1, 0.15) is 16.7 Å². The summed E-state index contributed by atoms with van der Waals surface area (Å²) in [6, 6.07) is 13.6. The van der Waals surface area contributed by atoms with E-state index >= 15 is 0 Å². The molecule has 2 aromatic carbocycles. The first-order chi connectivity index (χ1) is 12.1. The Morgan fingerprint density at radius 2 is 2.04 bits per heavy atom. The van der Waals surface area contributed by atoms with E-state index in [1.807, 2.05) is 42.5 Å². The summed E-state index contributed by atoms with van der Waals surface area (Å²) in [6.07, 6.45) is 1.45. The van der Waals surface area contributed by atoms with Gasteiger partial charge in [0, 0.05) is 19.3 Å². The van der Waals surface area contributed by atoms with E-state index in [9.17, 15) is 9.59 Å². The molecule has 0 aliphatic carbocycles. The molecular weight excluding hydrogens is 316 g/mol. The predicted molar refractivity (Wildman–Crippen MR) is 97.0 cm³/mol. The van der Waals surface area contributed by atoms with Crippen molar-refractivity contribution in [2.75, 3.05) is 25.6 Å². The SMILES string of the molecule is COc1ccccc1CCNC(=O)Cc1ccc2c(c1)CC(=O)N2C. The van der Waals surface area contributed by atoms with Crippen molar-refractivity contribution in [1.82, 2.24) is 5.32 Å². The quantitative estimate of drug-likeness (QED) is 0.878. The van der Waals surface area contributed by atoms with Gasteiger partial charge in [-0.15, -0.1) is 0 Å². The Kier molecular flexibility index (Phi) is 5.03.